The molecule has 0 unspecified atom stereocenters. The molecular formula is C41H103N13. The van der Waals surface area contributed by atoms with Crippen LogP contribution < -0.4 is 42.5 Å². The van der Waals surface area contributed by atoms with E-state index in [9.17, 15) is 0 Å². The highest BCUT2D eigenvalue weighted by Gasteiger charge is 2.06. The lowest BCUT2D eigenvalue weighted by Gasteiger charge is -2.26. The lowest BCUT2D eigenvalue weighted by molar-refractivity contribution is 0.215. The summed E-state index contributed by atoms with van der Waals surface area (Å²) in [4.78, 5) is 12.4. The lowest BCUT2D eigenvalue weighted by atomic mass is 10.4. The molecular weight excluding hydrogens is 675 g/mol. The molecule has 0 amide bonds. The van der Waals surface area contributed by atoms with Gasteiger partial charge in [0.15, 0.2) is 0 Å². The maximum absolute atomic E-state index is 3.39. The van der Waals surface area contributed by atoms with E-state index in [2.05, 4.69) is 136 Å². The average Bonchev–Trinajstić information content (AvgIpc) is 3.20. The Labute approximate surface area is 340 Å². The van der Waals surface area contributed by atoms with Crippen molar-refractivity contribution in [2.75, 3.05) is 204 Å². The highest BCUT2D eigenvalue weighted by atomic mass is 15.2. The predicted octanol–water partition coefficient (Wildman–Crippen LogP) is 1.26. The molecule has 0 saturated carbocycles. The van der Waals surface area contributed by atoms with Crippen LogP contribution in [-0.2, 0) is 0 Å². The first kappa shape index (κ1) is 60.2. The van der Waals surface area contributed by atoms with Crippen LogP contribution in [0.5, 0.6) is 0 Å². The average molecular weight is 778 g/mol. The molecule has 0 spiro atoms. The highest BCUT2D eigenvalue weighted by Crippen LogP contribution is 1.92. The molecule has 13 heteroatoms. The van der Waals surface area contributed by atoms with E-state index in [4.69, 9.17) is 0 Å². The van der Waals surface area contributed by atoms with E-state index in [1.807, 2.05) is 21.1 Å². The molecule has 0 saturated heterocycles. The third-order valence-corrected chi connectivity index (χ3v) is 9.28. The summed E-state index contributed by atoms with van der Waals surface area (Å²) in [6.07, 6.45) is 0. The van der Waals surface area contributed by atoms with Crippen LogP contribution in [0.3, 0.4) is 0 Å². The summed E-state index contributed by atoms with van der Waals surface area (Å²) < 4.78 is 0. The Kier molecular flexibility index (Phi) is 60.8. The normalized spacial score (nSPS) is 11.2. The van der Waals surface area contributed by atoms with Gasteiger partial charge in [0, 0.05) is 118 Å². The van der Waals surface area contributed by atoms with Gasteiger partial charge in [-0.1, -0.05) is 69.2 Å². The van der Waals surface area contributed by atoms with Crippen molar-refractivity contribution in [3.63, 3.8) is 0 Å². The molecule has 0 aliphatic heterocycles. The molecule has 54 heavy (non-hydrogen) atoms. The Hall–Kier alpha value is -0.520. The van der Waals surface area contributed by atoms with Crippen molar-refractivity contribution < 1.29 is 0 Å². The predicted molar refractivity (Wildman–Crippen MR) is 245 cm³/mol. The van der Waals surface area contributed by atoms with E-state index in [0.29, 0.717) is 0 Å². The van der Waals surface area contributed by atoms with Gasteiger partial charge in [-0.25, -0.2) is 0 Å². The Morgan fingerprint density at radius 1 is 0.241 bits per heavy atom. The quantitative estimate of drug-likeness (QED) is 0.0435. The van der Waals surface area contributed by atoms with Crippen LogP contribution in [0, 0.1) is 0 Å². The summed E-state index contributed by atoms with van der Waals surface area (Å²) in [7, 11) is 5.98. The van der Waals surface area contributed by atoms with Crippen LogP contribution in [0.25, 0.3) is 0 Å². The maximum atomic E-state index is 3.39. The zero-order valence-electron chi connectivity index (χ0n) is 39.0. The minimum absolute atomic E-state index is 1.07. The van der Waals surface area contributed by atoms with Crippen molar-refractivity contribution in [3.05, 3.63) is 0 Å². The van der Waals surface area contributed by atoms with Gasteiger partial charge < -0.3 is 67.0 Å². The zero-order valence-corrected chi connectivity index (χ0v) is 39.0. The van der Waals surface area contributed by atoms with Gasteiger partial charge >= 0.3 is 0 Å². The molecule has 0 atom stereocenters. The number of hydrogen-bond donors (Lipinski definition) is 8. The van der Waals surface area contributed by atoms with E-state index < -0.39 is 0 Å². The summed E-state index contributed by atoms with van der Waals surface area (Å²) in [5.41, 5.74) is 0. The fourth-order valence-electron chi connectivity index (χ4n) is 5.30. The molecule has 0 aromatic heterocycles. The maximum Gasteiger partial charge on any atom is 0.0110 e. The molecule has 0 bridgehead atoms. The molecule has 332 valence electrons. The first-order chi connectivity index (χ1) is 26.3. The molecule has 13 nitrogen and oxygen atoms in total. The number of rotatable bonds is 37. The first-order valence-electron chi connectivity index (χ1n) is 22.4. The van der Waals surface area contributed by atoms with Gasteiger partial charge in [-0.15, -0.1) is 0 Å². The standard InChI is InChI=1S/C14H34N4.C10H25N3.C9H23N3.C8H21N3/c1-5-15-9-11-17(7-3)13-14-18(8-4)12-10-16-6-2;1-4-11-7-9-13(6-3)10-8-12-5-2;1-4-11-7-9-12(5-2)8-6-10-3;1-4-11(7-5-9-2)8-6-10-3/h15-16H,5-14H2,1-4H3;11-12H,4-10H2,1-3H3;10-11H,4-9H2,1-3H3;9-10H,4-8H2,1-3H3. The Bertz CT molecular complexity index is 586. The van der Waals surface area contributed by atoms with E-state index in [1.54, 1.807) is 0 Å². The number of nitrogens with zero attached hydrogens (tertiary/aromatic N) is 5. The number of hydrogen-bond acceptors (Lipinski definition) is 13. The van der Waals surface area contributed by atoms with E-state index in [0.717, 1.165) is 170 Å². The second kappa shape index (κ2) is 54.6. The van der Waals surface area contributed by atoms with Gasteiger partial charge in [0.25, 0.3) is 0 Å². The fourth-order valence-corrected chi connectivity index (χ4v) is 5.30. The van der Waals surface area contributed by atoms with Gasteiger partial charge in [0.05, 0.1) is 0 Å². The summed E-state index contributed by atoms with van der Waals surface area (Å²) in [5, 5.41) is 26.2. The zero-order chi connectivity index (χ0) is 41.3. The fraction of sp³-hybridized carbons (Fsp3) is 1.00. The third kappa shape index (κ3) is 49.5. The van der Waals surface area contributed by atoms with Crippen molar-refractivity contribution in [2.45, 2.75) is 69.2 Å². The smallest absolute Gasteiger partial charge is 0.0110 e. The molecule has 8 N–H and O–H groups in total. The molecule has 0 heterocycles. The topological polar surface area (TPSA) is 112 Å². The van der Waals surface area contributed by atoms with E-state index >= 15 is 0 Å². The largest absolute Gasteiger partial charge is 0.318 e. The van der Waals surface area contributed by atoms with Crippen LogP contribution in [0.15, 0.2) is 0 Å². The summed E-state index contributed by atoms with van der Waals surface area (Å²) in [6.45, 7) is 53.4. The van der Waals surface area contributed by atoms with Crippen molar-refractivity contribution in [1.29, 1.82) is 0 Å². The third-order valence-electron chi connectivity index (χ3n) is 9.28. The second-order valence-corrected chi connectivity index (χ2v) is 13.2. The van der Waals surface area contributed by atoms with Crippen LogP contribution in [0.2, 0.25) is 0 Å². The lowest BCUT2D eigenvalue weighted by Crippen LogP contribution is -2.40. The first-order valence-corrected chi connectivity index (χ1v) is 22.4. The monoisotopic (exact) mass is 778 g/mol. The highest BCUT2D eigenvalue weighted by molar-refractivity contribution is 4.64. The van der Waals surface area contributed by atoms with Gasteiger partial charge in [-0.3, -0.25) is 0 Å². The van der Waals surface area contributed by atoms with Crippen LogP contribution in [0.1, 0.15) is 69.2 Å². The van der Waals surface area contributed by atoms with Crippen LogP contribution in [-0.4, -0.2) is 229 Å². The van der Waals surface area contributed by atoms with Crippen molar-refractivity contribution in [3.8, 4) is 0 Å². The van der Waals surface area contributed by atoms with Crippen LogP contribution in [0.4, 0.5) is 0 Å². The molecule has 0 fully saturated rings. The van der Waals surface area contributed by atoms with E-state index in [1.165, 1.54) is 13.1 Å². The molecule has 0 aliphatic rings. The van der Waals surface area contributed by atoms with Gasteiger partial charge in [-0.2, -0.15) is 0 Å². The summed E-state index contributed by atoms with van der Waals surface area (Å²) in [5.74, 6) is 0. The molecule has 0 rings (SSSR count). The minimum atomic E-state index is 1.07. The Morgan fingerprint density at radius 2 is 0.407 bits per heavy atom. The van der Waals surface area contributed by atoms with Gasteiger partial charge in [0.2, 0.25) is 0 Å². The van der Waals surface area contributed by atoms with Crippen molar-refractivity contribution in [2.24, 2.45) is 0 Å². The SMILES string of the molecule is CCN(CCNC)CCNC.CCNCCN(CC)CCN(CC)CCNCC.CCNCCN(CC)CCNC.CCNCCN(CC)CCNCC. The van der Waals surface area contributed by atoms with E-state index in [-0.39, 0.29) is 0 Å². The van der Waals surface area contributed by atoms with Gasteiger partial charge in [0.1, 0.15) is 0 Å². The minimum Gasteiger partial charge on any atom is -0.318 e. The van der Waals surface area contributed by atoms with Crippen LogP contribution >= 0.6 is 0 Å². The van der Waals surface area contributed by atoms with Crippen molar-refractivity contribution >= 4 is 0 Å². The summed E-state index contributed by atoms with van der Waals surface area (Å²) in [6, 6.07) is 0. The molecule has 0 radical (unpaired) electrons. The van der Waals surface area contributed by atoms with Crippen molar-refractivity contribution in [1.82, 2.24) is 67.0 Å². The number of nitrogens with one attached hydrogen (secondary N) is 8. The second-order valence-electron chi connectivity index (χ2n) is 13.2. The molecule has 0 aromatic carbocycles. The molecule has 0 aliphatic carbocycles. The summed E-state index contributed by atoms with van der Waals surface area (Å²) >= 11 is 0. The molecule has 0 aromatic rings. The Balaban J connectivity index is -0.000000315. The van der Waals surface area contributed by atoms with Gasteiger partial charge in [-0.05, 0) is 86.6 Å². The Morgan fingerprint density at radius 3 is 0.556 bits per heavy atom. The number of likely N-dealkylation sites (N-methyl/N-ethyl adjacent to an activating group) is 13.